The number of guanidine groups is 1. The topological polar surface area (TPSA) is 56.7 Å². The molecular formula is C23H38N4OS. The molecule has 3 atom stereocenters. The first-order valence-corrected chi connectivity index (χ1v) is 12.8. The first-order chi connectivity index (χ1) is 14.2. The summed E-state index contributed by atoms with van der Waals surface area (Å²) in [4.78, 5) is 7.36. The van der Waals surface area contributed by atoms with Gasteiger partial charge in [-0.2, -0.15) is 0 Å². The van der Waals surface area contributed by atoms with Crippen molar-refractivity contribution >= 4 is 16.8 Å². The zero-order chi connectivity index (χ0) is 20.5. The number of nitrogens with one attached hydrogen (secondary N) is 2. The van der Waals surface area contributed by atoms with E-state index in [0.717, 1.165) is 83.0 Å². The Labute approximate surface area is 179 Å². The summed E-state index contributed by atoms with van der Waals surface area (Å²) in [6.07, 6.45) is 6.64. The lowest BCUT2D eigenvalue weighted by atomic mass is 9.95. The van der Waals surface area contributed by atoms with Crippen LogP contribution in [0.4, 0.5) is 0 Å². The molecule has 1 aromatic rings. The maximum Gasteiger partial charge on any atom is 0.191 e. The standard InChI is InChI=1S/C23H38N4OS/c1-3-24-23(26-21-11-7-12-22(17-21)29(28)4-2)25-14-8-15-27-16-13-19-9-5-6-10-20(19)18-27/h5-6,9-10,21-22H,3-4,7-8,11-18H2,1-2H3,(H2,24,25,26). The van der Waals surface area contributed by atoms with Gasteiger partial charge in [-0.1, -0.05) is 37.6 Å². The van der Waals surface area contributed by atoms with E-state index < -0.39 is 10.8 Å². The van der Waals surface area contributed by atoms with Crippen LogP contribution in [0, 0.1) is 0 Å². The van der Waals surface area contributed by atoms with Crippen LogP contribution in [-0.2, 0) is 23.8 Å². The van der Waals surface area contributed by atoms with Gasteiger partial charge in [-0.25, -0.2) is 0 Å². The highest BCUT2D eigenvalue weighted by Gasteiger charge is 2.26. The molecule has 0 amide bonds. The summed E-state index contributed by atoms with van der Waals surface area (Å²) in [5, 5.41) is 7.34. The average molecular weight is 419 g/mol. The van der Waals surface area contributed by atoms with E-state index in [9.17, 15) is 4.21 Å². The second kappa shape index (κ2) is 11.7. The highest BCUT2D eigenvalue weighted by atomic mass is 32.2. The summed E-state index contributed by atoms with van der Waals surface area (Å²) in [6.45, 7) is 9.15. The van der Waals surface area contributed by atoms with Crippen LogP contribution in [-0.4, -0.2) is 58.3 Å². The highest BCUT2D eigenvalue weighted by Crippen LogP contribution is 2.23. The Hall–Kier alpha value is -1.40. The number of aliphatic imine (C=N–C) groups is 1. The van der Waals surface area contributed by atoms with E-state index in [1.807, 2.05) is 6.92 Å². The Morgan fingerprint density at radius 3 is 2.86 bits per heavy atom. The normalized spacial score (nSPS) is 24.0. The minimum atomic E-state index is -0.684. The van der Waals surface area contributed by atoms with Gasteiger partial charge in [0.1, 0.15) is 0 Å². The number of nitrogens with zero attached hydrogens (tertiary/aromatic N) is 2. The Bertz CT molecular complexity index is 693. The van der Waals surface area contributed by atoms with Crippen molar-refractivity contribution in [3.05, 3.63) is 35.4 Å². The van der Waals surface area contributed by atoms with Crippen LogP contribution >= 0.6 is 0 Å². The third-order valence-corrected chi connectivity index (χ3v) is 7.82. The maximum atomic E-state index is 12.2. The summed E-state index contributed by atoms with van der Waals surface area (Å²) in [5.74, 6) is 1.69. The summed E-state index contributed by atoms with van der Waals surface area (Å²) >= 11 is 0. The van der Waals surface area contributed by atoms with E-state index in [1.54, 1.807) is 0 Å². The molecule has 3 unspecified atom stereocenters. The van der Waals surface area contributed by atoms with E-state index in [4.69, 9.17) is 4.99 Å². The Morgan fingerprint density at radius 2 is 2.07 bits per heavy atom. The molecule has 0 spiro atoms. The predicted octanol–water partition coefficient (Wildman–Crippen LogP) is 3.07. The molecule has 1 aromatic carbocycles. The summed E-state index contributed by atoms with van der Waals surface area (Å²) in [5.41, 5.74) is 2.99. The number of hydrogen-bond donors (Lipinski definition) is 2. The second-order valence-electron chi connectivity index (χ2n) is 8.21. The summed E-state index contributed by atoms with van der Waals surface area (Å²) in [6, 6.07) is 9.20. The van der Waals surface area contributed by atoms with Crippen LogP contribution in [0.15, 0.2) is 29.3 Å². The van der Waals surface area contributed by atoms with Crippen LogP contribution in [0.1, 0.15) is 57.1 Å². The molecule has 1 saturated carbocycles. The van der Waals surface area contributed by atoms with Crippen LogP contribution < -0.4 is 10.6 Å². The molecule has 0 radical (unpaired) electrons. The SMILES string of the molecule is CCNC(=NCCCN1CCc2ccccc2C1)NC1CCCC(S(=O)CC)C1. The van der Waals surface area contributed by atoms with Crippen LogP contribution in [0.5, 0.6) is 0 Å². The van der Waals surface area contributed by atoms with Crippen molar-refractivity contribution < 1.29 is 4.21 Å². The van der Waals surface area contributed by atoms with E-state index in [1.165, 1.54) is 11.1 Å². The van der Waals surface area contributed by atoms with Gasteiger partial charge in [0, 0.05) is 60.6 Å². The molecule has 6 heteroatoms. The maximum absolute atomic E-state index is 12.2. The van der Waals surface area contributed by atoms with Gasteiger partial charge in [-0.15, -0.1) is 0 Å². The van der Waals surface area contributed by atoms with Gasteiger partial charge >= 0.3 is 0 Å². The van der Waals surface area contributed by atoms with E-state index in [2.05, 4.69) is 46.7 Å². The zero-order valence-corrected chi connectivity index (χ0v) is 19.0. The smallest absolute Gasteiger partial charge is 0.191 e. The monoisotopic (exact) mass is 418 g/mol. The molecule has 0 saturated heterocycles. The third-order valence-electron chi connectivity index (χ3n) is 6.08. The van der Waals surface area contributed by atoms with Gasteiger partial charge in [0.25, 0.3) is 0 Å². The van der Waals surface area contributed by atoms with Crippen LogP contribution in [0.3, 0.4) is 0 Å². The molecule has 2 aliphatic rings. The molecule has 0 bridgehead atoms. The highest BCUT2D eigenvalue weighted by molar-refractivity contribution is 7.85. The van der Waals surface area contributed by atoms with E-state index in [0.29, 0.717) is 11.3 Å². The molecule has 3 rings (SSSR count). The number of rotatable bonds is 8. The predicted molar refractivity (Wildman–Crippen MR) is 124 cm³/mol. The Balaban J connectivity index is 1.44. The van der Waals surface area contributed by atoms with Crippen molar-refractivity contribution in [2.24, 2.45) is 4.99 Å². The number of benzene rings is 1. The van der Waals surface area contributed by atoms with Gasteiger partial charge in [0.2, 0.25) is 0 Å². The molecule has 5 nitrogen and oxygen atoms in total. The lowest BCUT2D eigenvalue weighted by molar-refractivity contribution is 0.252. The Kier molecular flexibility index (Phi) is 8.99. The fourth-order valence-electron chi connectivity index (χ4n) is 4.49. The molecule has 162 valence electrons. The van der Waals surface area contributed by atoms with Crippen molar-refractivity contribution in [2.45, 2.75) is 70.2 Å². The number of hydrogen-bond acceptors (Lipinski definition) is 3. The van der Waals surface area contributed by atoms with Crippen molar-refractivity contribution in [1.29, 1.82) is 0 Å². The van der Waals surface area contributed by atoms with Crippen molar-refractivity contribution in [3.8, 4) is 0 Å². The number of fused-ring (bicyclic) bond motifs is 1. The van der Waals surface area contributed by atoms with Crippen molar-refractivity contribution in [3.63, 3.8) is 0 Å². The molecular weight excluding hydrogens is 380 g/mol. The second-order valence-corrected chi connectivity index (χ2v) is 10.2. The molecule has 0 aromatic heterocycles. The van der Waals surface area contributed by atoms with Crippen LogP contribution in [0.25, 0.3) is 0 Å². The minimum Gasteiger partial charge on any atom is -0.357 e. The summed E-state index contributed by atoms with van der Waals surface area (Å²) < 4.78 is 12.2. The fraction of sp³-hybridized carbons (Fsp3) is 0.696. The zero-order valence-electron chi connectivity index (χ0n) is 18.2. The molecule has 1 aliphatic heterocycles. The average Bonchev–Trinajstić information content (AvgIpc) is 2.76. The largest absolute Gasteiger partial charge is 0.357 e. The molecule has 29 heavy (non-hydrogen) atoms. The van der Waals surface area contributed by atoms with Crippen molar-refractivity contribution in [2.75, 3.05) is 31.9 Å². The Morgan fingerprint density at radius 1 is 1.24 bits per heavy atom. The minimum absolute atomic E-state index is 0.344. The first-order valence-electron chi connectivity index (χ1n) is 11.4. The lowest BCUT2D eigenvalue weighted by Gasteiger charge is -2.30. The van der Waals surface area contributed by atoms with Gasteiger partial charge in [0.15, 0.2) is 5.96 Å². The van der Waals surface area contributed by atoms with Gasteiger partial charge in [-0.3, -0.25) is 14.1 Å². The molecule has 2 N–H and O–H groups in total. The van der Waals surface area contributed by atoms with Crippen LogP contribution in [0.2, 0.25) is 0 Å². The summed E-state index contributed by atoms with van der Waals surface area (Å²) in [7, 11) is -0.684. The van der Waals surface area contributed by atoms with E-state index in [-0.39, 0.29) is 0 Å². The molecule has 1 aliphatic carbocycles. The van der Waals surface area contributed by atoms with Crippen molar-refractivity contribution in [1.82, 2.24) is 15.5 Å². The quantitative estimate of drug-likeness (QED) is 0.387. The lowest BCUT2D eigenvalue weighted by Crippen LogP contribution is -2.46. The first kappa shape index (κ1) is 22.3. The fourth-order valence-corrected chi connectivity index (χ4v) is 5.84. The van der Waals surface area contributed by atoms with E-state index >= 15 is 0 Å². The molecule has 1 heterocycles. The van der Waals surface area contributed by atoms with Gasteiger partial charge < -0.3 is 10.6 Å². The van der Waals surface area contributed by atoms with Gasteiger partial charge in [-0.05, 0) is 50.2 Å². The third kappa shape index (κ3) is 6.82. The van der Waals surface area contributed by atoms with Gasteiger partial charge in [0.05, 0.1) is 0 Å². The molecule has 1 fully saturated rings.